The molecule has 0 bridgehead atoms. The van der Waals surface area contributed by atoms with E-state index in [4.69, 9.17) is 21.8 Å². The Labute approximate surface area is 102 Å². The molecule has 0 aliphatic carbocycles. The predicted octanol–water partition coefficient (Wildman–Crippen LogP) is 3.13. The summed E-state index contributed by atoms with van der Waals surface area (Å²) in [6.07, 6.45) is 1.38. The summed E-state index contributed by atoms with van der Waals surface area (Å²) in [6.45, 7) is 0. The predicted molar refractivity (Wildman–Crippen MR) is 66.7 cm³/mol. The molecule has 0 unspecified atom stereocenters. The zero-order chi connectivity index (χ0) is 11.8. The maximum Gasteiger partial charge on any atom is 0.231 e. The largest absolute Gasteiger partial charge is 0.438 e. The van der Waals surface area contributed by atoms with Crippen molar-refractivity contribution in [3.8, 4) is 11.3 Å². The Hall–Kier alpha value is -2.07. The average molecular weight is 246 g/mol. The van der Waals surface area contributed by atoms with Gasteiger partial charge in [-0.15, -0.1) is 0 Å². The highest BCUT2D eigenvalue weighted by atomic mass is 35.5. The molecule has 0 atom stereocenters. The second-order valence-electron chi connectivity index (χ2n) is 3.60. The van der Waals surface area contributed by atoms with Gasteiger partial charge < -0.3 is 10.2 Å². The Morgan fingerprint density at radius 1 is 1.12 bits per heavy atom. The first-order valence-corrected chi connectivity index (χ1v) is 5.38. The van der Waals surface area contributed by atoms with Crippen LogP contribution in [-0.4, -0.2) is 9.97 Å². The smallest absolute Gasteiger partial charge is 0.231 e. The summed E-state index contributed by atoms with van der Waals surface area (Å²) in [6, 6.07) is 9.19. The second-order valence-corrected chi connectivity index (χ2v) is 4.03. The van der Waals surface area contributed by atoms with Crippen LogP contribution in [0, 0.1) is 0 Å². The number of benzene rings is 1. The maximum absolute atomic E-state index is 5.83. The van der Waals surface area contributed by atoms with Gasteiger partial charge in [0.05, 0.1) is 5.39 Å². The molecule has 3 rings (SSSR count). The van der Waals surface area contributed by atoms with Gasteiger partial charge in [0.2, 0.25) is 5.71 Å². The average Bonchev–Trinajstić information content (AvgIpc) is 2.75. The van der Waals surface area contributed by atoms with Crippen molar-refractivity contribution in [1.82, 2.24) is 9.97 Å². The van der Waals surface area contributed by atoms with Crippen LogP contribution < -0.4 is 5.73 Å². The van der Waals surface area contributed by atoms with Crippen LogP contribution in [-0.2, 0) is 0 Å². The van der Waals surface area contributed by atoms with Gasteiger partial charge in [-0.1, -0.05) is 11.6 Å². The number of hydrogen-bond acceptors (Lipinski definition) is 4. The van der Waals surface area contributed by atoms with Gasteiger partial charge in [0.15, 0.2) is 0 Å². The van der Waals surface area contributed by atoms with Gasteiger partial charge in [-0.3, -0.25) is 0 Å². The Morgan fingerprint density at radius 3 is 2.59 bits per heavy atom. The third-order valence-electron chi connectivity index (χ3n) is 2.49. The maximum atomic E-state index is 5.83. The Kier molecular flexibility index (Phi) is 2.23. The van der Waals surface area contributed by atoms with E-state index in [-0.39, 0.29) is 0 Å². The molecule has 17 heavy (non-hydrogen) atoms. The van der Waals surface area contributed by atoms with Crippen molar-refractivity contribution in [3.63, 3.8) is 0 Å². The second kappa shape index (κ2) is 3.75. The van der Waals surface area contributed by atoms with Crippen LogP contribution >= 0.6 is 11.6 Å². The molecule has 0 saturated carbocycles. The first-order chi connectivity index (χ1) is 8.24. The van der Waals surface area contributed by atoms with Crippen LogP contribution in [0.4, 0.5) is 5.82 Å². The lowest BCUT2D eigenvalue weighted by atomic mass is 10.2. The third-order valence-corrected chi connectivity index (χ3v) is 2.74. The van der Waals surface area contributed by atoms with Crippen LogP contribution in [0.1, 0.15) is 0 Å². The molecule has 5 heteroatoms. The summed E-state index contributed by atoms with van der Waals surface area (Å²) in [4.78, 5) is 7.94. The van der Waals surface area contributed by atoms with Crippen molar-refractivity contribution in [3.05, 3.63) is 41.7 Å². The summed E-state index contributed by atoms with van der Waals surface area (Å²) in [7, 11) is 0. The highest BCUT2D eigenvalue weighted by Gasteiger charge is 2.09. The topological polar surface area (TPSA) is 64.9 Å². The highest BCUT2D eigenvalue weighted by Crippen LogP contribution is 2.29. The first-order valence-electron chi connectivity index (χ1n) is 5.00. The normalized spacial score (nSPS) is 10.9. The van der Waals surface area contributed by atoms with Gasteiger partial charge in [0, 0.05) is 10.6 Å². The minimum Gasteiger partial charge on any atom is -0.438 e. The van der Waals surface area contributed by atoms with E-state index >= 15 is 0 Å². The fraction of sp³-hybridized carbons (Fsp3) is 0. The Morgan fingerprint density at radius 2 is 1.88 bits per heavy atom. The van der Waals surface area contributed by atoms with Gasteiger partial charge >= 0.3 is 0 Å². The number of nitrogens with zero attached hydrogens (tertiary/aromatic N) is 2. The first kappa shape index (κ1) is 10.1. The van der Waals surface area contributed by atoms with Gasteiger partial charge in [-0.05, 0) is 30.3 Å². The van der Waals surface area contributed by atoms with E-state index in [2.05, 4.69) is 9.97 Å². The summed E-state index contributed by atoms with van der Waals surface area (Å²) in [5.74, 6) is 1.11. The molecule has 2 aromatic heterocycles. The zero-order valence-electron chi connectivity index (χ0n) is 8.72. The summed E-state index contributed by atoms with van der Waals surface area (Å²) in [5, 5.41) is 1.40. The van der Waals surface area contributed by atoms with Crippen molar-refractivity contribution in [2.75, 3.05) is 5.73 Å². The van der Waals surface area contributed by atoms with Crippen molar-refractivity contribution >= 4 is 28.5 Å². The van der Waals surface area contributed by atoms with E-state index in [1.807, 2.05) is 18.2 Å². The number of nitrogen functional groups attached to an aromatic ring is 1. The highest BCUT2D eigenvalue weighted by molar-refractivity contribution is 6.30. The molecular formula is C12H8ClN3O. The van der Waals surface area contributed by atoms with Gasteiger partial charge in [0.25, 0.3) is 0 Å². The lowest BCUT2D eigenvalue weighted by Gasteiger charge is -1.95. The summed E-state index contributed by atoms with van der Waals surface area (Å²) < 4.78 is 5.60. The third kappa shape index (κ3) is 1.72. The van der Waals surface area contributed by atoms with E-state index in [1.165, 1.54) is 6.33 Å². The number of halogens is 1. The summed E-state index contributed by atoms with van der Waals surface area (Å²) in [5.41, 5.74) is 7.15. The monoisotopic (exact) mass is 245 g/mol. The standard InChI is InChI=1S/C12H8ClN3O/c13-8-3-1-7(2-4-8)10-5-9-11(14)15-6-16-12(9)17-10/h1-6H,(H2,14,15,16). The fourth-order valence-corrected chi connectivity index (χ4v) is 1.76. The number of furan rings is 1. The molecule has 0 aliphatic rings. The molecule has 1 aromatic carbocycles. The van der Waals surface area contributed by atoms with Crippen LogP contribution in [0.2, 0.25) is 5.02 Å². The Balaban J connectivity index is 2.18. The molecule has 0 spiro atoms. The lowest BCUT2D eigenvalue weighted by Crippen LogP contribution is -1.89. The molecule has 2 N–H and O–H groups in total. The fourth-order valence-electron chi connectivity index (χ4n) is 1.63. The van der Waals surface area contributed by atoms with Crippen LogP contribution in [0.25, 0.3) is 22.4 Å². The molecule has 3 aromatic rings. The molecule has 84 valence electrons. The SMILES string of the molecule is Nc1ncnc2oc(-c3ccc(Cl)cc3)cc12. The van der Waals surface area contributed by atoms with Gasteiger partial charge in [-0.25, -0.2) is 9.97 Å². The number of anilines is 1. The van der Waals surface area contributed by atoms with E-state index < -0.39 is 0 Å². The quantitative estimate of drug-likeness (QED) is 0.715. The number of hydrogen-bond donors (Lipinski definition) is 1. The van der Waals surface area contributed by atoms with E-state index in [1.54, 1.807) is 12.1 Å². The summed E-state index contributed by atoms with van der Waals surface area (Å²) >= 11 is 5.83. The van der Waals surface area contributed by atoms with Crippen LogP contribution in [0.15, 0.2) is 41.1 Å². The lowest BCUT2D eigenvalue weighted by molar-refractivity contribution is 0.617. The number of aromatic nitrogens is 2. The van der Waals surface area contributed by atoms with Crippen molar-refractivity contribution in [1.29, 1.82) is 0 Å². The minimum atomic E-state index is 0.416. The van der Waals surface area contributed by atoms with Crippen LogP contribution in [0.5, 0.6) is 0 Å². The Bertz CT molecular complexity index is 676. The van der Waals surface area contributed by atoms with Crippen molar-refractivity contribution in [2.24, 2.45) is 0 Å². The molecule has 0 amide bonds. The van der Waals surface area contributed by atoms with E-state index in [0.29, 0.717) is 22.3 Å². The van der Waals surface area contributed by atoms with Gasteiger partial charge in [0.1, 0.15) is 17.9 Å². The molecule has 0 radical (unpaired) electrons. The van der Waals surface area contributed by atoms with Crippen molar-refractivity contribution in [2.45, 2.75) is 0 Å². The molecule has 0 saturated heterocycles. The number of fused-ring (bicyclic) bond motifs is 1. The molecular weight excluding hydrogens is 238 g/mol. The molecule has 4 nitrogen and oxygen atoms in total. The van der Waals surface area contributed by atoms with Crippen LogP contribution in [0.3, 0.4) is 0 Å². The van der Waals surface area contributed by atoms with E-state index in [0.717, 1.165) is 10.9 Å². The minimum absolute atomic E-state index is 0.416. The zero-order valence-corrected chi connectivity index (χ0v) is 9.48. The number of rotatable bonds is 1. The number of nitrogens with two attached hydrogens (primary N) is 1. The van der Waals surface area contributed by atoms with E-state index in [9.17, 15) is 0 Å². The molecule has 2 heterocycles. The molecule has 0 aliphatic heterocycles. The van der Waals surface area contributed by atoms with Crippen molar-refractivity contribution < 1.29 is 4.42 Å². The van der Waals surface area contributed by atoms with Gasteiger partial charge in [-0.2, -0.15) is 0 Å². The molecule has 0 fully saturated rings.